The third-order valence-corrected chi connectivity index (χ3v) is 5.14. The fourth-order valence-corrected chi connectivity index (χ4v) is 3.53. The summed E-state index contributed by atoms with van der Waals surface area (Å²) in [6.45, 7) is 0.164. The number of H-pyrrole nitrogens is 1. The van der Waals surface area contributed by atoms with E-state index in [9.17, 15) is 14.0 Å². The van der Waals surface area contributed by atoms with Crippen LogP contribution in [0.1, 0.15) is 48.6 Å². The van der Waals surface area contributed by atoms with Gasteiger partial charge in [0.25, 0.3) is 5.89 Å². The van der Waals surface area contributed by atoms with Crippen LogP contribution in [0.3, 0.4) is 0 Å². The van der Waals surface area contributed by atoms with Crippen molar-refractivity contribution in [1.29, 1.82) is 0 Å². The summed E-state index contributed by atoms with van der Waals surface area (Å²) >= 11 is 0. The van der Waals surface area contributed by atoms with E-state index in [4.69, 9.17) is 9.15 Å². The van der Waals surface area contributed by atoms with Gasteiger partial charge in [-0.25, -0.2) is 19.2 Å². The number of ether oxygens (including phenoxy) is 1. The number of amides is 1. The third-order valence-electron chi connectivity index (χ3n) is 5.14. The number of unbranched alkanes of at least 4 members (excludes halogenated alkanes) is 2. The van der Waals surface area contributed by atoms with Gasteiger partial charge < -0.3 is 19.5 Å². The van der Waals surface area contributed by atoms with Gasteiger partial charge >= 0.3 is 6.09 Å². The van der Waals surface area contributed by atoms with Gasteiger partial charge in [-0.15, -0.1) is 0 Å². The fourth-order valence-electron chi connectivity index (χ4n) is 3.53. The molecule has 0 saturated carbocycles. The molecular formula is C21H21FN4O4. The lowest BCUT2D eigenvalue weighted by Crippen LogP contribution is -2.41. The first-order chi connectivity index (χ1) is 14.6. The van der Waals surface area contributed by atoms with Crippen LogP contribution in [0, 0.1) is 5.82 Å². The molecule has 3 aromatic rings. The number of aromatic nitrogens is 3. The maximum Gasteiger partial charge on any atom is 0.408 e. The molecular weight excluding hydrogens is 391 g/mol. The van der Waals surface area contributed by atoms with Crippen LogP contribution >= 0.6 is 0 Å². The lowest BCUT2D eigenvalue weighted by Gasteiger charge is -2.24. The predicted octanol–water partition coefficient (Wildman–Crippen LogP) is 3.97. The van der Waals surface area contributed by atoms with E-state index in [1.165, 1.54) is 24.6 Å². The van der Waals surface area contributed by atoms with E-state index in [1.54, 1.807) is 18.3 Å². The predicted molar refractivity (Wildman–Crippen MR) is 104 cm³/mol. The van der Waals surface area contributed by atoms with Crippen molar-refractivity contribution in [3.8, 4) is 11.3 Å². The molecule has 2 aromatic heterocycles. The Balaban J connectivity index is 1.38. The number of carbonyl (C=O) groups is 2. The summed E-state index contributed by atoms with van der Waals surface area (Å²) in [6, 6.07) is 6.05. The van der Waals surface area contributed by atoms with Crippen LogP contribution in [0.4, 0.5) is 9.18 Å². The monoisotopic (exact) mass is 412 g/mol. The Morgan fingerprint density at radius 2 is 2.03 bits per heavy atom. The highest BCUT2D eigenvalue weighted by atomic mass is 19.1. The number of oxazole rings is 1. The molecule has 1 unspecified atom stereocenters. The van der Waals surface area contributed by atoms with Crippen molar-refractivity contribution in [1.82, 2.24) is 20.3 Å². The van der Waals surface area contributed by atoms with Gasteiger partial charge in [0.15, 0.2) is 0 Å². The molecule has 3 heterocycles. The average Bonchev–Trinajstić information content (AvgIpc) is 3.50. The Bertz CT molecular complexity index is 1020. The molecule has 1 aliphatic heterocycles. The molecule has 0 bridgehead atoms. The zero-order chi connectivity index (χ0) is 21.0. The first-order valence-electron chi connectivity index (χ1n) is 9.75. The normalized spacial score (nSPS) is 18.2. The van der Waals surface area contributed by atoms with Crippen LogP contribution in [0.5, 0.6) is 0 Å². The van der Waals surface area contributed by atoms with Gasteiger partial charge in [0.2, 0.25) is 5.78 Å². The minimum atomic E-state index is -0.762. The zero-order valence-electron chi connectivity index (χ0n) is 16.2. The second kappa shape index (κ2) is 8.48. The van der Waals surface area contributed by atoms with E-state index in [0.717, 1.165) is 18.4 Å². The molecule has 0 radical (unpaired) electrons. The number of aromatic amines is 1. The second-order valence-electron chi connectivity index (χ2n) is 7.25. The SMILES string of the molecule is O=C1NC(CCCCCC(=O)c2ncco2)(c2nc(-c3ccc(F)cc3)c[nH]2)CO1. The standard InChI is InChI=1S/C21H21FN4O4/c22-15-7-5-14(6-8-15)16-12-24-19(25-16)21(13-30-20(28)26-21)9-3-1-2-4-17(27)18-23-10-11-29-18/h5-8,10-12H,1-4,9,13H2,(H,24,25)(H,26,28). The summed E-state index contributed by atoms with van der Waals surface area (Å²) in [6.07, 6.45) is 7.24. The van der Waals surface area contributed by atoms with Crippen molar-refractivity contribution in [3.05, 3.63) is 60.5 Å². The van der Waals surface area contributed by atoms with Crippen LogP contribution in [-0.2, 0) is 10.3 Å². The molecule has 0 aliphatic carbocycles. The number of nitrogens with one attached hydrogen (secondary N) is 2. The first kappa shape index (κ1) is 19.8. The summed E-state index contributed by atoms with van der Waals surface area (Å²) in [5.41, 5.74) is 0.661. The van der Waals surface area contributed by atoms with Crippen LogP contribution < -0.4 is 5.32 Å². The van der Waals surface area contributed by atoms with Gasteiger partial charge in [0.05, 0.1) is 11.9 Å². The van der Waals surface area contributed by atoms with Gasteiger partial charge in [-0.05, 0) is 37.1 Å². The zero-order valence-corrected chi connectivity index (χ0v) is 16.2. The van der Waals surface area contributed by atoms with Crippen molar-refractivity contribution in [2.45, 2.75) is 37.6 Å². The minimum absolute atomic E-state index is 0.123. The van der Waals surface area contributed by atoms with Crippen LogP contribution in [0.25, 0.3) is 11.3 Å². The fraction of sp³-hybridized carbons (Fsp3) is 0.333. The number of rotatable bonds is 9. The van der Waals surface area contributed by atoms with E-state index in [-0.39, 0.29) is 24.1 Å². The Morgan fingerprint density at radius 1 is 1.20 bits per heavy atom. The molecule has 1 amide bonds. The summed E-state index contributed by atoms with van der Waals surface area (Å²) < 4.78 is 23.3. The molecule has 1 fully saturated rings. The number of benzene rings is 1. The molecule has 30 heavy (non-hydrogen) atoms. The lowest BCUT2D eigenvalue weighted by molar-refractivity contribution is 0.0945. The summed E-state index contributed by atoms with van der Waals surface area (Å²) in [4.78, 5) is 35.3. The molecule has 9 heteroatoms. The topological polar surface area (TPSA) is 110 Å². The molecule has 1 saturated heterocycles. The van der Waals surface area contributed by atoms with E-state index in [1.807, 2.05) is 0 Å². The minimum Gasteiger partial charge on any atom is -0.447 e. The highest BCUT2D eigenvalue weighted by Crippen LogP contribution is 2.31. The Hall–Kier alpha value is -3.49. The van der Waals surface area contributed by atoms with Gasteiger partial charge in [-0.2, -0.15) is 0 Å². The maximum absolute atomic E-state index is 13.2. The van der Waals surface area contributed by atoms with Crippen LogP contribution in [-0.4, -0.2) is 33.4 Å². The van der Waals surface area contributed by atoms with Gasteiger partial charge in [0, 0.05) is 18.2 Å². The number of Topliss-reactive ketones (excluding diaryl/α,β-unsaturated/α-hetero) is 1. The number of halogens is 1. The molecule has 156 valence electrons. The Morgan fingerprint density at radius 3 is 2.73 bits per heavy atom. The van der Waals surface area contributed by atoms with Crippen molar-refractivity contribution < 1.29 is 23.1 Å². The lowest BCUT2D eigenvalue weighted by atomic mass is 9.92. The van der Waals surface area contributed by atoms with Crippen molar-refractivity contribution in [3.63, 3.8) is 0 Å². The summed E-state index contributed by atoms with van der Waals surface area (Å²) in [5, 5.41) is 2.87. The number of imidazole rings is 1. The Labute approximate surface area is 171 Å². The molecule has 8 nitrogen and oxygen atoms in total. The molecule has 4 rings (SSSR count). The quantitative estimate of drug-likeness (QED) is 0.406. The number of ketones is 1. The average molecular weight is 412 g/mol. The van der Waals surface area contributed by atoms with E-state index in [0.29, 0.717) is 30.8 Å². The highest BCUT2D eigenvalue weighted by molar-refractivity contribution is 5.91. The van der Waals surface area contributed by atoms with Gasteiger partial charge in [-0.1, -0.05) is 12.8 Å². The number of nitrogens with zero attached hydrogens (tertiary/aromatic N) is 2. The van der Waals surface area contributed by atoms with Crippen LogP contribution in [0.2, 0.25) is 0 Å². The van der Waals surface area contributed by atoms with Crippen molar-refractivity contribution in [2.24, 2.45) is 0 Å². The van der Waals surface area contributed by atoms with Gasteiger partial charge in [-0.3, -0.25) is 4.79 Å². The van der Waals surface area contributed by atoms with E-state index < -0.39 is 11.6 Å². The third kappa shape index (κ3) is 4.24. The summed E-state index contributed by atoms with van der Waals surface area (Å²) in [7, 11) is 0. The molecule has 1 atom stereocenters. The van der Waals surface area contributed by atoms with Crippen molar-refractivity contribution in [2.75, 3.05) is 6.61 Å². The van der Waals surface area contributed by atoms with E-state index in [2.05, 4.69) is 20.3 Å². The number of cyclic esters (lactones) is 1. The molecule has 1 aromatic carbocycles. The highest BCUT2D eigenvalue weighted by Gasteiger charge is 2.43. The molecule has 0 spiro atoms. The molecule has 1 aliphatic rings. The second-order valence-corrected chi connectivity index (χ2v) is 7.25. The molecule has 2 N–H and O–H groups in total. The van der Waals surface area contributed by atoms with E-state index >= 15 is 0 Å². The first-order valence-corrected chi connectivity index (χ1v) is 9.75. The smallest absolute Gasteiger partial charge is 0.408 e. The number of hydrogen-bond acceptors (Lipinski definition) is 6. The summed E-state index contributed by atoms with van der Waals surface area (Å²) in [5.74, 6) is 0.279. The largest absolute Gasteiger partial charge is 0.447 e. The number of carbonyl (C=O) groups excluding carboxylic acids is 2. The van der Waals surface area contributed by atoms with Crippen LogP contribution in [0.15, 0.2) is 47.3 Å². The number of hydrogen-bond donors (Lipinski definition) is 2. The van der Waals surface area contributed by atoms with Gasteiger partial charge in [0.1, 0.15) is 30.1 Å². The maximum atomic E-state index is 13.2. The van der Waals surface area contributed by atoms with Crippen molar-refractivity contribution >= 4 is 11.9 Å². The number of alkyl carbamates (subject to hydrolysis) is 1. The Kier molecular flexibility index (Phi) is 5.60.